The van der Waals surface area contributed by atoms with Gasteiger partial charge in [0.25, 0.3) is 0 Å². The van der Waals surface area contributed by atoms with Gasteiger partial charge >= 0.3 is 23.9 Å². The summed E-state index contributed by atoms with van der Waals surface area (Å²) < 4.78 is 0. The van der Waals surface area contributed by atoms with Gasteiger partial charge in [-0.15, -0.1) is 0 Å². The second-order valence-electron chi connectivity index (χ2n) is 4.89. The van der Waals surface area contributed by atoms with Crippen LogP contribution in [-0.2, 0) is 38.7 Å². The Kier molecular flexibility index (Phi) is 11.4. The van der Waals surface area contributed by atoms with E-state index in [1.807, 2.05) is 0 Å². The zero-order valence-electron chi connectivity index (χ0n) is 14.2. The highest BCUT2D eigenvalue weighted by atomic mass is 33.1. The van der Waals surface area contributed by atoms with Crippen molar-refractivity contribution in [1.29, 1.82) is 0 Å². The highest BCUT2D eigenvalue weighted by Gasteiger charge is 2.21. The van der Waals surface area contributed by atoms with Gasteiger partial charge in [-0.05, 0) is 13.8 Å². The summed E-state index contributed by atoms with van der Waals surface area (Å²) in [4.78, 5) is 62.0. The van der Waals surface area contributed by atoms with Crippen LogP contribution in [0.15, 0.2) is 24.3 Å². The molecule has 12 heteroatoms. The van der Waals surface area contributed by atoms with Gasteiger partial charge in [0.2, 0.25) is 0 Å². The van der Waals surface area contributed by atoms with E-state index in [4.69, 9.17) is 11.5 Å². The van der Waals surface area contributed by atoms with Gasteiger partial charge in [0.1, 0.15) is 12.1 Å². The zero-order chi connectivity index (χ0) is 20.3. The highest BCUT2D eigenvalue weighted by Crippen LogP contribution is 2.22. The number of hydrogen-bond acceptors (Lipinski definition) is 12. The first kappa shape index (κ1) is 24.0. The van der Waals surface area contributed by atoms with Gasteiger partial charge < -0.3 is 11.5 Å². The summed E-state index contributed by atoms with van der Waals surface area (Å²) in [5, 5.41) is 0. The highest BCUT2D eigenvalue weighted by molar-refractivity contribution is 8.76. The molecule has 0 heterocycles. The van der Waals surface area contributed by atoms with Crippen LogP contribution in [0.3, 0.4) is 0 Å². The van der Waals surface area contributed by atoms with E-state index in [-0.39, 0.29) is 22.7 Å². The van der Waals surface area contributed by atoms with Crippen molar-refractivity contribution in [1.82, 2.24) is 0 Å². The van der Waals surface area contributed by atoms with Crippen LogP contribution in [0, 0.1) is 0 Å². The molecule has 2 unspecified atom stereocenters. The Bertz CT molecular complexity index is 531. The molecule has 0 bridgehead atoms. The SMILES string of the molecule is C=C(C)C(=O)OOC(=O)C(N)CSSCC(N)C(=O)OOC(=O)C(=C)C. The molecule has 0 saturated heterocycles. The molecule has 0 radical (unpaired) electrons. The Hall–Kier alpha value is -2.02. The predicted octanol–water partition coefficient (Wildman–Crippen LogP) is 0.177. The number of carbonyl (C=O) groups is 4. The summed E-state index contributed by atoms with van der Waals surface area (Å²) in [6.07, 6.45) is 0. The van der Waals surface area contributed by atoms with Crippen LogP contribution < -0.4 is 11.5 Å². The van der Waals surface area contributed by atoms with Gasteiger partial charge in [0, 0.05) is 22.7 Å². The standard InChI is InChI=1S/C14H20N2O8S2/c1-7(2)11(17)21-23-13(19)9(15)5-25-26-6-10(16)14(20)24-22-12(18)8(3)4/h9-10H,1,3,5-6,15-16H2,2,4H3. The van der Waals surface area contributed by atoms with Crippen molar-refractivity contribution >= 4 is 45.5 Å². The number of rotatable bonds is 9. The van der Waals surface area contributed by atoms with Crippen LogP contribution in [0.4, 0.5) is 0 Å². The third-order valence-electron chi connectivity index (χ3n) is 2.28. The van der Waals surface area contributed by atoms with Crippen LogP contribution in [0.25, 0.3) is 0 Å². The monoisotopic (exact) mass is 408 g/mol. The lowest BCUT2D eigenvalue weighted by atomic mass is 10.4. The number of carbonyl (C=O) groups excluding carboxylic acids is 4. The van der Waals surface area contributed by atoms with Crippen molar-refractivity contribution in [3.63, 3.8) is 0 Å². The topological polar surface area (TPSA) is 157 Å². The van der Waals surface area contributed by atoms with Crippen LogP contribution in [-0.4, -0.2) is 47.5 Å². The summed E-state index contributed by atoms with van der Waals surface area (Å²) in [5.74, 6) is -3.46. The maximum absolute atomic E-state index is 11.5. The molecular weight excluding hydrogens is 388 g/mol. The molecule has 0 saturated carbocycles. The summed E-state index contributed by atoms with van der Waals surface area (Å²) in [5.41, 5.74) is 11.2. The lowest BCUT2D eigenvalue weighted by molar-refractivity contribution is -0.256. The van der Waals surface area contributed by atoms with Crippen molar-refractivity contribution in [2.75, 3.05) is 11.5 Å². The van der Waals surface area contributed by atoms with Crippen LogP contribution in [0.2, 0.25) is 0 Å². The Labute approximate surface area is 157 Å². The molecule has 0 amide bonds. The minimum atomic E-state index is -1.06. The van der Waals surface area contributed by atoms with Gasteiger partial charge in [0.05, 0.1) is 0 Å². The molecular formula is C14H20N2O8S2. The Morgan fingerprint density at radius 3 is 1.35 bits per heavy atom. The second-order valence-corrected chi connectivity index (χ2v) is 7.44. The second kappa shape index (κ2) is 12.4. The summed E-state index contributed by atoms with van der Waals surface area (Å²) in [6, 6.07) is -2.13. The maximum atomic E-state index is 11.5. The van der Waals surface area contributed by atoms with Crippen molar-refractivity contribution in [3.8, 4) is 0 Å². The lowest BCUT2D eigenvalue weighted by Gasteiger charge is -2.11. The summed E-state index contributed by atoms with van der Waals surface area (Å²) in [6.45, 7) is 9.40. The molecule has 2 atom stereocenters. The minimum Gasteiger partial charge on any atom is -0.318 e. The van der Waals surface area contributed by atoms with E-state index >= 15 is 0 Å². The summed E-state index contributed by atoms with van der Waals surface area (Å²) >= 11 is 0. The molecule has 0 fully saturated rings. The van der Waals surface area contributed by atoms with E-state index in [1.165, 1.54) is 13.8 Å². The van der Waals surface area contributed by atoms with Crippen molar-refractivity contribution < 1.29 is 38.7 Å². The molecule has 0 rings (SSSR count). The van der Waals surface area contributed by atoms with Crippen LogP contribution in [0.1, 0.15) is 13.8 Å². The fourth-order valence-electron chi connectivity index (χ4n) is 0.803. The Morgan fingerprint density at radius 2 is 1.08 bits per heavy atom. The maximum Gasteiger partial charge on any atom is 0.381 e. The lowest BCUT2D eigenvalue weighted by Crippen LogP contribution is -2.36. The van der Waals surface area contributed by atoms with Gasteiger partial charge in [-0.2, -0.15) is 0 Å². The molecule has 0 aromatic carbocycles. The van der Waals surface area contributed by atoms with Gasteiger partial charge in [-0.25, -0.2) is 38.7 Å². The Balaban J connectivity index is 3.98. The van der Waals surface area contributed by atoms with Gasteiger partial charge in [-0.1, -0.05) is 34.7 Å². The molecule has 0 aliphatic heterocycles. The van der Waals surface area contributed by atoms with Crippen molar-refractivity contribution in [2.45, 2.75) is 25.9 Å². The molecule has 0 aliphatic rings. The molecule has 0 aromatic rings. The Morgan fingerprint density at radius 1 is 0.769 bits per heavy atom. The van der Waals surface area contributed by atoms with Crippen LogP contribution >= 0.6 is 21.6 Å². The van der Waals surface area contributed by atoms with E-state index in [1.54, 1.807) is 0 Å². The fourth-order valence-corrected chi connectivity index (χ4v) is 3.02. The summed E-state index contributed by atoms with van der Waals surface area (Å²) in [7, 11) is 2.26. The van der Waals surface area contributed by atoms with E-state index < -0.39 is 36.0 Å². The zero-order valence-corrected chi connectivity index (χ0v) is 15.9. The normalized spacial score (nSPS) is 12.3. The average molecular weight is 408 g/mol. The first-order chi connectivity index (χ1) is 12.1. The molecule has 10 nitrogen and oxygen atoms in total. The van der Waals surface area contributed by atoms with E-state index in [0.717, 1.165) is 21.6 Å². The molecule has 146 valence electrons. The van der Waals surface area contributed by atoms with E-state index in [9.17, 15) is 19.2 Å². The minimum absolute atomic E-state index is 0.0612. The molecule has 26 heavy (non-hydrogen) atoms. The average Bonchev–Trinajstić information content (AvgIpc) is 2.59. The van der Waals surface area contributed by atoms with Crippen molar-refractivity contribution in [3.05, 3.63) is 24.3 Å². The third kappa shape index (κ3) is 10.1. The third-order valence-corrected chi connectivity index (χ3v) is 4.75. The molecule has 4 N–H and O–H groups in total. The molecule has 0 aromatic heterocycles. The van der Waals surface area contributed by atoms with Crippen molar-refractivity contribution in [2.24, 2.45) is 11.5 Å². The predicted molar refractivity (Wildman–Crippen MR) is 94.9 cm³/mol. The fraction of sp³-hybridized carbons (Fsp3) is 0.429. The first-order valence-electron chi connectivity index (χ1n) is 6.98. The van der Waals surface area contributed by atoms with Gasteiger partial charge in [-0.3, -0.25) is 0 Å². The smallest absolute Gasteiger partial charge is 0.318 e. The number of hydrogen-bond donors (Lipinski definition) is 2. The molecule has 0 aliphatic carbocycles. The largest absolute Gasteiger partial charge is 0.381 e. The van der Waals surface area contributed by atoms with E-state index in [0.29, 0.717) is 0 Å². The van der Waals surface area contributed by atoms with Crippen LogP contribution in [0.5, 0.6) is 0 Å². The molecule has 0 spiro atoms. The van der Waals surface area contributed by atoms with E-state index in [2.05, 4.69) is 32.7 Å². The number of nitrogens with two attached hydrogens (primary N) is 2. The quantitative estimate of drug-likeness (QED) is 0.175. The first-order valence-corrected chi connectivity index (χ1v) is 9.47. The van der Waals surface area contributed by atoms with Gasteiger partial charge in [0.15, 0.2) is 0 Å².